The van der Waals surface area contributed by atoms with Gasteiger partial charge in [-0.2, -0.15) is 0 Å². The number of hydrogen-bond donors (Lipinski definition) is 0. The molecule has 78 valence electrons. The van der Waals surface area contributed by atoms with Gasteiger partial charge < -0.3 is 0 Å². The van der Waals surface area contributed by atoms with Gasteiger partial charge in [0.1, 0.15) is 0 Å². The predicted octanol–water partition coefficient (Wildman–Crippen LogP) is 4.48. The Hall–Kier alpha value is -0.520. The van der Waals surface area contributed by atoms with Gasteiger partial charge in [-0.25, -0.2) is 0 Å². The molecule has 2 atom stereocenters. The minimum absolute atomic E-state index is 0.915. The second kappa shape index (κ2) is 4.82. The molecule has 0 aromatic heterocycles. The van der Waals surface area contributed by atoms with Crippen molar-refractivity contribution < 1.29 is 0 Å². The summed E-state index contributed by atoms with van der Waals surface area (Å²) in [7, 11) is 0. The average Bonchev–Trinajstić information content (AvgIpc) is 2.55. The van der Waals surface area contributed by atoms with E-state index in [9.17, 15) is 0 Å². The number of allylic oxidation sites excluding steroid dienone is 4. The average molecular weight is 190 g/mol. The van der Waals surface area contributed by atoms with E-state index in [1.54, 1.807) is 5.57 Å². The molecule has 14 heavy (non-hydrogen) atoms. The zero-order chi connectivity index (χ0) is 9.80. The van der Waals surface area contributed by atoms with E-state index in [0.717, 1.165) is 11.8 Å². The van der Waals surface area contributed by atoms with Crippen molar-refractivity contribution in [2.24, 2.45) is 11.8 Å². The van der Waals surface area contributed by atoms with Gasteiger partial charge in [0.2, 0.25) is 0 Å². The van der Waals surface area contributed by atoms with E-state index in [2.05, 4.69) is 25.2 Å². The first kappa shape index (κ1) is 10.0. The second-order valence-electron chi connectivity index (χ2n) is 4.93. The normalized spacial score (nSPS) is 39.6. The molecule has 0 nitrogen and oxygen atoms in total. The summed E-state index contributed by atoms with van der Waals surface area (Å²) in [5, 5.41) is 0. The molecule has 0 aromatic carbocycles. The Bertz CT molecular complexity index is 234. The lowest BCUT2D eigenvalue weighted by Crippen LogP contribution is -2.06. The highest BCUT2D eigenvalue weighted by atomic mass is 14.3. The van der Waals surface area contributed by atoms with E-state index in [1.165, 1.54) is 44.9 Å². The third-order valence-electron chi connectivity index (χ3n) is 3.88. The van der Waals surface area contributed by atoms with Crippen LogP contribution in [0.2, 0.25) is 0 Å². The highest BCUT2D eigenvalue weighted by Crippen LogP contribution is 2.39. The first-order valence-electron chi connectivity index (χ1n) is 6.23. The van der Waals surface area contributed by atoms with E-state index >= 15 is 0 Å². The molecule has 2 unspecified atom stereocenters. The van der Waals surface area contributed by atoms with Crippen molar-refractivity contribution in [1.29, 1.82) is 0 Å². The number of rotatable bonds is 0. The Labute approximate surface area is 88.1 Å². The molecule has 0 spiro atoms. The van der Waals surface area contributed by atoms with Crippen LogP contribution in [-0.2, 0) is 0 Å². The standard InChI is InChI=1S/C14H22/c1-12-10-11-13-8-6-4-2-3-5-7-9-14(12)13/h4,6,8,12,14H,2-3,5,7,9-11H2,1H3/b6-4-,13-8-. The SMILES string of the molecule is CC1CC/C2=C/C=C\CCCCCC21. The summed E-state index contributed by atoms with van der Waals surface area (Å²) in [4.78, 5) is 0. The van der Waals surface area contributed by atoms with Gasteiger partial charge in [0, 0.05) is 0 Å². The lowest BCUT2D eigenvalue weighted by Gasteiger charge is -2.17. The minimum atomic E-state index is 0.915. The molecule has 0 radical (unpaired) electrons. The molecule has 2 rings (SSSR count). The third-order valence-corrected chi connectivity index (χ3v) is 3.88. The molecule has 1 fully saturated rings. The molecule has 0 bridgehead atoms. The third kappa shape index (κ3) is 2.29. The summed E-state index contributed by atoms with van der Waals surface area (Å²) in [6, 6.07) is 0. The van der Waals surface area contributed by atoms with Crippen molar-refractivity contribution in [2.75, 3.05) is 0 Å². The molecule has 0 N–H and O–H groups in total. The minimum Gasteiger partial charge on any atom is -0.0845 e. The van der Waals surface area contributed by atoms with Crippen LogP contribution in [-0.4, -0.2) is 0 Å². The van der Waals surface area contributed by atoms with Gasteiger partial charge in [0.15, 0.2) is 0 Å². The fraction of sp³-hybridized carbons (Fsp3) is 0.714. The second-order valence-corrected chi connectivity index (χ2v) is 4.93. The van der Waals surface area contributed by atoms with E-state index in [1.807, 2.05) is 0 Å². The molecule has 0 saturated heterocycles. The molecule has 0 aromatic rings. The van der Waals surface area contributed by atoms with Crippen LogP contribution in [0.25, 0.3) is 0 Å². The fourth-order valence-corrected chi connectivity index (χ4v) is 2.91. The van der Waals surface area contributed by atoms with Gasteiger partial charge in [-0.05, 0) is 43.9 Å². The zero-order valence-electron chi connectivity index (χ0n) is 9.34. The molecule has 0 heterocycles. The monoisotopic (exact) mass is 190 g/mol. The van der Waals surface area contributed by atoms with Crippen molar-refractivity contribution in [2.45, 2.75) is 51.9 Å². The van der Waals surface area contributed by atoms with Crippen molar-refractivity contribution in [3.63, 3.8) is 0 Å². The molecule has 0 heteroatoms. The first-order chi connectivity index (χ1) is 6.88. The van der Waals surface area contributed by atoms with Gasteiger partial charge in [-0.3, -0.25) is 0 Å². The molecule has 0 aliphatic heterocycles. The number of fused-ring (bicyclic) bond motifs is 1. The topological polar surface area (TPSA) is 0 Å². The van der Waals surface area contributed by atoms with E-state index in [-0.39, 0.29) is 0 Å². The van der Waals surface area contributed by atoms with Crippen LogP contribution in [0.1, 0.15) is 51.9 Å². The molecule has 2 aliphatic rings. The maximum absolute atomic E-state index is 2.43. The summed E-state index contributed by atoms with van der Waals surface area (Å²) < 4.78 is 0. The maximum Gasteiger partial charge on any atom is -0.0174 e. The van der Waals surface area contributed by atoms with Crippen LogP contribution >= 0.6 is 0 Å². The van der Waals surface area contributed by atoms with Crippen LogP contribution in [0.3, 0.4) is 0 Å². The maximum atomic E-state index is 2.43. The number of hydrogen-bond acceptors (Lipinski definition) is 0. The highest BCUT2D eigenvalue weighted by molar-refractivity contribution is 5.19. The van der Waals surface area contributed by atoms with Crippen LogP contribution in [0, 0.1) is 11.8 Å². The Balaban J connectivity index is 2.09. The highest BCUT2D eigenvalue weighted by Gasteiger charge is 2.26. The summed E-state index contributed by atoms with van der Waals surface area (Å²) >= 11 is 0. The Kier molecular flexibility index (Phi) is 3.44. The van der Waals surface area contributed by atoms with Crippen LogP contribution < -0.4 is 0 Å². The summed E-state index contributed by atoms with van der Waals surface area (Å²) in [5.74, 6) is 1.85. The summed E-state index contributed by atoms with van der Waals surface area (Å²) in [6.45, 7) is 2.43. The lowest BCUT2D eigenvalue weighted by molar-refractivity contribution is 0.413. The largest absolute Gasteiger partial charge is 0.0845 e. The molecular weight excluding hydrogens is 168 g/mol. The van der Waals surface area contributed by atoms with Crippen LogP contribution in [0.5, 0.6) is 0 Å². The van der Waals surface area contributed by atoms with Crippen LogP contribution in [0.15, 0.2) is 23.8 Å². The molecule has 0 amide bonds. The fourth-order valence-electron chi connectivity index (χ4n) is 2.91. The van der Waals surface area contributed by atoms with Crippen LogP contribution in [0.4, 0.5) is 0 Å². The Morgan fingerprint density at radius 3 is 3.00 bits per heavy atom. The van der Waals surface area contributed by atoms with Gasteiger partial charge in [0.05, 0.1) is 0 Å². The van der Waals surface area contributed by atoms with Crippen molar-refractivity contribution in [3.8, 4) is 0 Å². The van der Waals surface area contributed by atoms with Gasteiger partial charge in [0.25, 0.3) is 0 Å². The van der Waals surface area contributed by atoms with Gasteiger partial charge in [-0.15, -0.1) is 0 Å². The van der Waals surface area contributed by atoms with Gasteiger partial charge >= 0.3 is 0 Å². The smallest absolute Gasteiger partial charge is 0.0174 e. The zero-order valence-corrected chi connectivity index (χ0v) is 9.34. The lowest BCUT2D eigenvalue weighted by atomic mass is 9.88. The summed E-state index contributed by atoms with van der Waals surface area (Å²) in [5.41, 5.74) is 1.73. The first-order valence-corrected chi connectivity index (χ1v) is 6.23. The van der Waals surface area contributed by atoms with Crippen molar-refractivity contribution >= 4 is 0 Å². The Morgan fingerprint density at radius 2 is 2.07 bits per heavy atom. The van der Waals surface area contributed by atoms with Crippen molar-refractivity contribution in [1.82, 2.24) is 0 Å². The quantitative estimate of drug-likeness (QED) is 0.528. The van der Waals surface area contributed by atoms with E-state index in [4.69, 9.17) is 0 Å². The van der Waals surface area contributed by atoms with Crippen molar-refractivity contribution in [3.05, 3.63) is 23.8 Å². The predicted molar refractivity (Wildman–Crippen MR) is 62.2 cm³/mol. The molecule has 1 saturated carbocycles. The van der Waals surface area contributed by atoms with Gasteiger partial charge in [-0.1, -0.05) is 43.6 Å². The Morgan fingerprint density at radius 1 is 1.14 bits per heavy atom. The van der Waals surface area contributed by atoms with E-state index in [0.29, 0.717) is 0 Å². The summed E-state index contributed by atoms with van der Waals surface area (Å²) in [6.07, 6.45) is 16.8. The molecular formula is C14H22. The molecule has 2 aliphatic carbocycles. The van der Waals surface area contributed by atoms with E-state index < -0.39 is 0 Å².